The van der Waals surface area contributed by atoms with E-state index < -0.39 is 0 Å². The summed E-state index contributed by atoms with van der Waals surface area (Å²) in [6.45, 7) is 3.89. The third-order valence-electron chi connectivity index (χ3n) is 5.02. The number of fused-ring (bicyclic) bond motifs is 1. The third kappa shape index (κ3) is 4.40. The van der Waals surface area contributed by atoms with Gasteiger partial charge in [0.1, 0.15) is 11.4 Å². The summed E-state index contributed by atoms with van der Waals surface area (Å²) in [5.41, 5.74) is 3.66. The standard InChI is InChI=1S/C25H20N6O2/c1-16-15-17(2)31(30-16)23-13-14-24(29-28-23)33-20-10-8-19(9-11-20)26-25(32)22-12-7-18-5-3-4-6-21(18)27-22/h3-15H,1-2H3,(H,26,32). The lowest BCUT2D eigenvalue weighted by Gasteiger charge is -2.08. The van der Waals surface area contributed by atoms with Crippen molar-refractivity contribution < 1.29 is 9.53 Å². The van der Waals surface area contributed by atoms with E-state index in [4.69, 9.17) is 4.74 Å². The molecule has 1 N–H and O–H groups in total. The van der Waals surface area contributed by atoms with Crippen molar-refractivity contribution in [3.8, 4) is 17.4 Å². The first-order valence-corrected chi connectivity index (χ1v) is 10.4. The number of hydrogen-bond donors (Lipinski definition) is 1. The molecule has 0 saturated carbocycles. The molecule has 0 aliphatic carbocycles. The third-order valence-corrected chi connectivity index (χ3v) is 5.02. The Morgan fingerprint density at radius 3 is 2.45 bits per heavy atom. The number of carbonyl (C=O) groups excluding carboxylic acids is 1. The van der Waals surface area contributed by atoms with E-state index in [1.165, 1.54) is 0 Å². The van der Waals surface area contributed by atoms with Gasteiger partial charge >= 0.3 is 0 Å². The van der Waals surface area contributed by atoms with Crippen LogP contribution in [0.15, 0.2) is 78.9 Å². The van der Waals surface area contributed by atoms with Crippen molar-refractivity contribution in [2.24, 2.45) is 0 Å². The van der Waals surface area contributed by atoms with Crippen LogP contribution >= 0.6 is 0 Å². The van der Waals surface area contributed by atoms with Crippen LogP contribution in [0.1, 0.15) is 21.9 Å². The minimum Gasteiger partial charge on any atom is -0.438 e. The average Bonchev–Trinajstić information content (AvgIpc) is 3.18. The van der Waals surface area contributed by atoms with Crippen molar-refractivity contribution >= 4 is 22.5 Å². The van der Waals surface area contributed by atoms with Crippen molar-refractivity contribution in [1.29, 1.82) is 0 Å². The Morgan fingerprint density at radius 2 is 1.73 bits per heavy atom. The summed E-state index contributed by atoms with van der Waals surface area (Å²) in [7, 11) is 0. The first-order chi connectivity index (χ1) is 16.0. The Morgan fingerprint density at radius 1 is 0.909 bits per heavy atom. The fourth-order valence-corrected chi connectivity index (χ4v) is 3.46. The molecular weight excluding hydrogens is 416 g/mol. The monoisotopic (exact) mass is 436 g/mol. The molecule has 5 rings (SSSR count). The zero-order valence-corrected chi connectivity index (χ0v) is 18.1. The second-order valence-corrected chi connectivity index (χ2v) is 7.54. The van der Waals surface area contributed by atoms with E-state index in [1.54, 1.807) is 47.1 Å². The van der Waals surface area contributed by atoms with Gasteiger partial charge in [0.05, 0.1) is 11.2 Å². The summed E-state index contributed by atoms with van der Waals surface area (Å²) in [6, 6.07) is 23.8. The van der Waals surface area contributed by atoms with Gasteiger partial charge in [0.2, 0.25) is 5.88 Å². The second-order valence-electron chi connectivity index (χ2n) is 7.54. The quantitative estimate of drug-likeness (QED) is 0.422. The molecule has 3 heterocycles. The highest BCUT2D eigenvalue weighted by molar-refractivity contribution is 6.04. The molecule has 0 fully saturated rings. The van der Waals surface area contributed by atoms with E-state index in [0.717, 1.165) is 22.3 Å². The molecule has 33 heavy (non-hydrogen) atoms. The molecule has 1 amide bonds. The summed E-state index contributed by atoms with van der Waals surface area (Å²) in [5.74, 6) is 1.27. The fourth-order valence-electron chi connectivity index (χ4n) is 3.46. The number of nitrogens with zero attached hydrogens (tertiary/aromatic N) is 5. The molecule has 162 valence electrons. The number of para-hydroxylation sites is 1. The van der Waals surface area contributed by atoms with Gasteiger partial charge in [0.15, 0.2) is 5.82 Å². The van der Waals surface area contributed by atoms with Gasteiger partial charge in [-0.2, -0.15) is 5.10 Å². The molecule has 8 nitrogen and oxygen atoms in total. The van der Waals surface area contributed by atoms with E-state index in [2.05, 4.69) is 25.6 Å². The predicted molar refractivity (Wildman–Crippen MR) is 125 cm³/mol. The van der Waals surface area contributed by atoms with E-state index >= 15 is 0 Å². The van der Waals surface area contributed by atoms with Gasteiger partial charge in [0, 0.05) is 22.8 Å². The van der Waals surface area contributed by atoms with E-state index in [-0.39, 0.29) is 5.91 Å². The van der Waals surface area contributed by atoms with E-state index in [0.29, 0.717) is 28.8 Å². The highest BCUT2D eigenvalue weighted by Crippen LogP contribution is 2.22. The number of ether oxygens (including phenoxy) is 1. The molecule has 3 aromatic heterocycles. The van der Waals surface area contributed by atoms with Crippen molar-refractivity contribution in [3.05, 3.63) is 95.9 Å². The van der Waals surface area contributed by atoms with Crippen LogP contribution in [0.25, 0.3) is 16.7 Å². The minimum atomic E-state index is -0.278. The van der Waals surface area contributed by atoms with Gasteiger partial charge in [-0.3, -0.25) is 4.79 Å². The lowest BCUT2D eigenvalue weighted by atomic mass is 10.2. The molecule has 0 aliphatic rings. The van der Waals surface area contributed by atoms with Crippen LogP contribution in [0.2, 0.25) is 0 Å². The Bertz CT molecular complexity index is 1440. The molecule has 0 radical (unpaired) electrons. The van der Waals surface area contributed by atoms with Crippen molar-refractivity contribution in [2.45, 2.75) is 13.8 Å². The lowest BCUT2D eigenvalue weighted by molar-refractivity contribution is 0.102. The zero-order valence-electron chi connectivity index (χ0n) is 18.1. The number of hydrogen-bond acceptors (Lipinski definition) is 6. The smallest absolute Gasteiger partial charge is 0.274 e. The molecule has 8 heteroatoms. The SMILES string of the molecule is Cc1cc(C)n(-c2ccc(Oc3ccc(NC(=O)c4ccc5ccccc5n4)cc3)nn2)n1. The minimum absolute atomic E-state index is 0.278. The second kappa shape index (κ2) is 8.51. The Hall–Kier alpha value is -4.59. The number of pyridine rings is 1. The lowest BCUT2D eigenvalue weighted by Crippen LogP contribution is -2.13. The normalized spacial score (nSPS) is 10.8. The van der Waals surface area contributed by atoms with Crippen LogP contribution in [-0.2, 0) is 0 Å². The molecule has 0 unspecified atom stereocenters. The summed E-state index contributed by atoms with van der Waals surface area (Å²) < 4.78 is 7.50. The zero-order chi connectivity index (χ0) is 22.8. The Labute approximate surface area is 189 Å². The van der Waals surface area contributed by atoms with Crippen LogP contribution < -0.4 is 10.1 Å². The fraction of sp³-hybridized carbons (Fsp3) is 0.0800. The molecule has 2 aromatic carbocycles. The van der Waals surface area contributed by atoms with Gasteiger partial charge in [0.25, 0.3) is 5.91 Å². The van der Waals surface area contributed by atoms with Gasteiger partial charge in [-0.25, -0.2) is 9.67 Å². The summed E-state index contributed by atoms with van der Waals surface area (Å²) in [4.78, 5) is 17.0. The van der Waals surface area contributed by atoms with Gasteiger partial charge < -0.3 is 10.1 Å². The van der Waals surface area contributed by atoms with Crippen LogP contribution in [0.5, 0.6) is 11.6 Å². The number of carbonyl (C=O) groups is 1. The maximum absolute atomic E-state index is 12.6. The number of benzene rings is 2. The predicted octanol–water partition coefficient (Wildman–Crippen LogP) is 4.87. The number of nitrogens with one attached hydrogen (secondary N) is 1. The maximum atomic E-state index is 12.6. The number of anilines is 1. The molecule has 0 bridgehead atoms. The maximum Gasteiger partial charge on any atom is 0.274 e. The number of amides is 1. The van der Waals surface area contributed by atoms with Crippen molar-refractivity contribution in [3.63, 3.8) is 0 Å². The molecule has 0 atom stereocenters. The first-order valence-electron chi connectivity index (χ1n) is 10.4. The summed E-state index contributed by atoms with van der Waals surface area (Å²) in [6.07, 6.45) is 0. The van der Waals surface area contributed by atoms with Crippen LogP contribution in [0.4, 0.5) is 5.69 Å². The molecular formula is C25H20N6O2. The number of aryl methyl sites for hydroxylation is 2. The Kier molecular flexibility index (Phi) is 5.24. The topological polar surface area (TPSA) is 94.8 Å². The van der Waals surface area contributed by atoms with Gasteiger partial charge in [-0.15, -0.1) is 10.2 Å². The van der Waals surface area contributed by atoms with Gasteiger partial charge in [-0.1, -0.05) is 24.3 Å². The van der Waals surface area contributed by atoms with Crippen LogP contribution in [-0.4, -0.2) is 30.9 Å². The highest BCUT2D eigenvalue weighted by atomic mass is 16.5. The van der Waals surface area contributed by atoms with Crippen molar-refractivity contribution in [2.75, 3.05) is 5.32 Å². The molecule has 0 aliphatic heterocycles. The van der Waals surface area contributed by atoms with Crippen LogP contribution in [0.3, 0.4) is 0 Å². The number of rotatable bonds is 5. The van der Waals surface area contributed by atoms with Crippen LogP contribution in [0, 0.1) is 13.8 Å². The highest BCUT2D eigenvalue weighted by Gasteiger charge is 2.10. The molecule has 5 aromatic rings. The van der Waals surface area contributed by atoms with Gasteiger partial charge in [-0.05, 0) is 62.4 Å². The largest absolute Gasteiger partial charge is 0.438 e. The van der Waals surface area contributed by atoms with E-state index in [1.807, 2.05) is 50.2 Å². The van der Waals surface area contributed by atoms with Crippen molar-refractivity contribution in [1.82, 2.24) is 25.0 Å². The molecule has 0 saturated heterocycles. The molecule has 0 spiro atoms. The first kappa shape index (κ1) is 20.3. The average molecular weight is 436 g/mol. The summed E-state index contributed by atoms with van der Waals surface area (Å²) in [5, 5.41) is 16.6. The number of aromatic nitrogens is 5. The van der Waals surface area contributed by atoms with E-state index in [9.17, 15) is 4.79 Å². The Balaban J connectivity index is 1.24. The summed E-state index contributed by atoms with van der Waals surface area (Å²) >= 11 is 0.